The number of hydrogen-bond donors (Lipinski definition) is 2. The average Bonchev–Trinajstić information content (AvgIpc) is 2.46. The molecule has 9 heteroatoms. The van der Waals surface area contributed by atoms with Gasteiger partial charge in [0.1, 0.15) is 5.75 Å². The van der Waals surface area contributed by atoms with E-state index in [1.165, 1.54) is 24.9 Å². The first-order valence-corrected chi connectivity index (χ1v) is 7.45. The van der Waals surface area contributed by atoms with Crippen LogP contribution in [-0.2, 0) is 11.3 Å². The summed E-state index contributed by atoms with van der Waals surface area (Å²) in [6.07, 6.45) is 0. The van der Waals surface area contributed by atoms with Crippen molar-refractivity contribution in [2.75, 3.05) is 13.6 Å². The summed E-state index contributed by atoms with van der Waals surface area (Å²) in [6, 6.07) is 3.95. The van der Waals surface area contributed by atoms with E-state index in [9.17, 15) is 18.4 Å². The predicted molar refractivity (Wildman–Crippen MR) is 82.4 cm³/mol. The summed E-state index contributed by atoms with van der Waals surface area (Å²) in [5, 5.41) is 11.4. The van der Waals surface area contributed by atoms with E-state index in [0.29, 0.717) is 10.0 Å². The lowest BCUT2D eigenvalue weighted by Crippen LogP contribution is -2.40. The first-order valence-electron chi connectivity index (χ1n) is 6.65. The number of carbonyl (C=O) groups excluding carboxylic acids is 1. The van der Waals surface area contributed by atoms with Crippen molar-refractivity contribution in [3.63, 3.8) is 0 Å². The second-order valence-electron chi connectivity index (χ2n) is 4.91. The van der Waals surface area contributed by atoms with Crippen molar-refractivity contribution in [3.05, 3.63) is 28.2 Å². The fourth-order valence-corrected chi connectivity index (χ4v) is 2.18. The van der Waals surface area contributed by atoms with E-state index < -0.39 is 24.5 Å². The maximum absolute atomic E-state index is 12.4. The molecule has 0 radical (unpaired) electrons. The summed E-state index contributed by atoms with van der Waals surface area (Å²) in [6.45, 7) is -1.49. The molecule has 0 saturated heterocycles. The standard InChI is InChI=1S/C14H17BrF2N2O4/c1-8(12(20)21)7-19(2)14(22)18-6-9-5-10(15)3-4-11(9)23-13(16)17/h3-5,8,13H,6-7H2,1-2H3,(H,18,22)(H,20,21). The molecule has 23 heavy (non-hydrogen) atoms. The summed E-state index contributed by atoms with van der Waals surface area (Å²) in [7, 11) is 1.45. The largest absolute Gasteiger partial charge is 0.481 e. The Balaban J connectivity index is 2.68. The molecule has 0 heterocycles. The summed E-state index contributed by atoms with van der Waals surface area (Å²) in [5.41, 5.74) is 0.368. The zero-order chi connectivity index (χ0) is 17.6. The Hall–Kier alpha value is -1.90. The van der Waals surface area contributed by atoms with Gasteiger partial charge in [-0.1, -0.05) is 22.9 Å². The molecular weight excluding hydrogens is 378 g/mol. The molecule has 6 nitrogen and oxygen atoms in total. The van der Waals surface area contributed by atoms with E-state index in [0.717, 1.165) is 0 Å². The van der Waals surface area contributed by atoms with Crippen LogP contribution in [0.15, 0.2) is 22.7 Å². The molecule has 0 aliphatic heterocycles. The van der Waals surface area contributed by atoms with E-state index in [4.69, 9.17) is 5.11 Å². The Bertz CT molecular complexity index is 572. The van der Waals surface area contributed by atoms with Crippen LogP contribution in [-0.4, -0.2) is 42.2 Å². The van der Waals surface area contributed by atoms with Gasteiger partial charge in [-0.15, -0.1) is 0 Å². The lowest BCUT2D eigenvalue weighted by atomic mass is 10.2. The molecule has 1 atom stereocenters. The number of urea groups is 1. The van der Waals surface area contributed by atoms with Crippen molar-refractivity contribution in [3.8, 4) is 5.75 Å². The Kier molecular flexibility index (Phi) is 7.21. The number of amides is 2. The molecule has 1 aromatic carbocycles. The fraction of sp³-hybridized carbons (Fsp3) is 0.429. The van der Waals surface area contributed by atoms with Crippen LogP contribution in [0.1, 0.15) is 12.5 Å². The first kappa shape index (κ1) is 19.1. The predicted octanol–water partition coefficient (Wildman–Crippen LogP) is 2.91. The van der Waals surface area contributed by atoms with E-state index in [1.807, 2.05) is 0 Å². The van der Waals surface area contributed by atoms with Gasteiger partial charge in [-0.2, -0.15) is 8.78 Å². The molecule has 0 spiro atoms. The second kappa shape index (κ2) is 8.66. The van der Waals surface area contributed by atoms with Gasteiger partial charge >= 0.3 is 18.6 Å². The van der Waals surface area contributed by atoms with Gasteiger partial charge in [0, 0.05) is 30.2 Å². The molecule has 2 amide bonds. The molecule has 0 aliphatic carbocycles. The monoisotopic (exact) mass is 394 g/mol. The van der Waals surface area contributed by atoms with Gasteiger partial charge in [0.25, 0.3) is 0 Å². The van der Waals surface area contributed by atoms with E-state index in [2.05, 4.69) is 26.0 Å². The van der Waals surface area contributed by atoms with Crippen LogP contribution in [0.3, 0.4) is 0 Å². The first-order chi connectivity index (χ1) is 10.7. The number of ether oxygens (including phenoxy) is 1. The van der Waals surface area contributed by atoms with E-state index >= 15 is 0 Å². The fourth-order valence-electron chi connectivity index (χ4n) is 1.77. The van der Waals surface area contributed by atoms with Gasteiger partial charge in [-0.3, -0.25) is 4.79 Å². The van der Waals surface area contributed by atoms with Gasteiger partial charge < -0.3 is 20.1 Å². The molecule has 2 N–H and O–H groups in total. The number of hydrogen-bond acceptors (Lipinski definition) is 3. The number of benzene rings is 1. The highest BCUT2D eigenvalue weighted by molar-refractivity contribution is 9.10. The van der Waals surface area contributed by atoms with Gasteiger partial charge in [0.15, 0.2) is 0 Å². The molecule has 1 rings (SSSR count). The maximum Gasteiger partial charge on any atom is 0.387 e. The Morgan fingerprint density at radius 2 is 2.09 bits per heavy atom. The smallest absolute Gasteiger partial charge is 0.387 e. The lowest BCUT2D eigenvalue weighted by Gasteiger charge is -2.20. The minimum Gasteiger partial charge on any atom is -0.481 e. The summed E-state index contributed by atoms with van der Waals surface area (Å²) in [4.78, 5) is 23.9. The molecule has 1 aromatic rings. The Labute approximate surface area is 140 Å². The van der Waals surface area contributed by atoms with Gasteiger partial charge in [-0.05, 0) is 18.2 Å². The third-order valence-electron chi connectivity index (χ3n) is 2.98. The van der Waals surface area contributed by atoms with Crippen molar-refractivity contribution in [1.29, 1.82) is 0 Å². The maximum atomic E-state index is 12.4. The number of nitrogens with zero attached hydrogens (tertiary/aromatic N) is 1. The van der Waals surface area contributed by atoms with Gasteiger partial charge in [0.2, 0.25) is 0 Å². The molecule has 0 bridgehead atoms. The number of alkyl halides is 2. The molecule has 128 valence electrons. The molecule has 1 unspecified atom stereocenters. The summed E-state index contributed by atoms with van der Waals surface area (Å²) < 4.78 is 29.8. The van der Waals surface area contributed by atoms with Crippen LogP contribution in [0, 0.1) is 5.92 Å². The number of carboxylic acid groups (broad SMARTS) is 1. The van der Waals surface area contributed by atoms with Crippen molar-refractivity contribution in [2.45, 2.75) is 20.1 Å². The topological polar surface area (TPSA) is 78.9 Å². The quantitative estimate of drug-likeness (QED) is 0.744. The van der Waals surface area contributed by atoms with Crippen LogP contribution in [0.2, 0.25) is 0 Å². The Morgan fingerprint density at radius 1 is 1.43 bits per heavy atom. The van der Waals surface area contributed by atoms with Crippen LogP contribution < -0.4 is 10.1 Å². The molecule has 0 aliphatic rings. The third kappa shape index (κ3) is 6.39. The van der Waals surface area contributed by atoms with Crippen LogP contribution >= 0.6 is 15.9 Å². The molecule has 0 fully saturated rings. The third-order valence-corrected chi connectivity index (χ3v) is 3.48. The summed E-state index contributed by atoms with van der Waals surface area (Å²) >= 11 is 3.22. The SMILES string of the molecule is CC(CN(C)C(=O)NCc1cc(Br)ccc1OC(F)F)C(=O)O. The van der Waals surface area contributed by atoms with E-state index in [1.54, 1.807) is 12.1 Å². The lowest BCUT2D eigenvalue weighted by molar-refractivity contribution is -0.141. The molecule has 0 saturated carbocycles. The van der Waals surface area contributed by atoms with Crippen LogP contribution in [0.4, 0.5) is 13.6 Å². The van der Waals surface area contributed by atoms with Crippen molar-refractivity contribution < 1.29 is 28.2 Å². The van der Waals surface area contributed by atoms with Crippen LogP contribution in [0.5, 0.6) is 5.75 Å². The number of aliphatic carboxylic acids is 1. The van der Waals surface area contributed by atoms with Crippen molar-refractivity contribution in [2.24, 2.45) is 5.92 Å². The van der Waals surface area contributed by atoms with E-state index in [-0.39, 0.29) is 18.8 Å². The van der Waals surface area contributed by atoms with Gasteiger partial charge in [-0.25, -0.2) is 4.79 Å². The molecule has 0 aromatic heterocycles. The minimum atomic E-state index is -2.97. The summed E-state index contributed by atoms with van der Waals surface area (Å²) in [5.74, 6) is -1.76. The van der Waals surface area contributed by atoms with Crippen molar-refractivity contribution in [1.82, 2.24) is 10.2 Å². The highest BCUT2D eigenvalue weighted by Crippen LogP contribution is 2.24. The number of rotatable bonds is 7. The number of nitrogens with one attached hydrogen (secondary N) is 1. The normalized spacial score (nSPS) is 11.9. The highest BCUT2D eigenvalue weighted by Gasteiger charge is 2.18. The zero-order valence-electron chi connectivity index (χ0n) is 12.6. The number of halogens is 3. The number of carboxylic acids is 1. The minimum absolute atomic E-state index is 0.0278. The van der Waals surface area contributed by atoms with Crippen molar-refractivity contribution >= 4 is 27.9 Å². The Morgan fingerprint density at radius 3 is 2.65 bits per heavy atom. The van der Waals surface area contributed by atoms with Crippen LogP contribution in [0.25, 0.3) is 0 Å². The highest BCUT2D eigenvalue weighted by atomic mass is 79.9. The second-order valence-corrected chi connectivity index (χ2v) is 5.82. The number of carbonyl (C=O) groups is 2. The molecular formula is C14H17BrF2N2O4. The van der Waals surface area contributed by atoms with Gasteiger partial charge in [0.05, 0.1) is 5.92 Å². The average molecular weight is 395 g/mol. The zero-order valence-corrected chi connectivity index (χ0v) is 14.1.